The zero-order chi connectivity index (χ0) is 18.5. The van der Waals surface area contributed by atoms with Crippen LogP contribution in [0.25, 0.3) is 0 Å². The Bertz CT molecular complexity index is 640. The maximum Gasteiger partial charge on any atom is 0.191 e. The SMILES string of the molecule is CCNC(=NCc1ccc(C)s1)NCCCCOCCc1ccccc1. The molecule has 142 valence electrons. The summed E-state index contributed by atoms with van der Waals surface area (Å²) in [7, 11) is 0. The number of guanidine groups is 1. The molecule has 0 radical (unpaired) electrons. The number of benzene rings is 1. The molecule has 5 heteroatoms. The number of thiophene rings is 1. The Morgan fingerprint density at radius 2 is 1.88 bits per heavy atom. The van der Waals surface area contributed by atoms with E-state index >= 15 is 0 Å². The quantitative estimate of drug-likeness (QED) is 0.353. The summed E-state index contributed by atoms with van der Waals surface area (Å²) in [4.78, 5) is 7.28. The molecule has 0 saturated heterocycles. The summed E-state index contributed by atoms with van der Waals surface area (Å²) in [5, 5.41) is 6.70. The van der Waals surface area contributed by atoms with Gasteiger partial charge < -0.3 is 15.4 Å². The average Bonchev–Trinajstić information content (AvgIpc) is 3.08. The lowest BCUT2D eigenvalue weighted by atomic mass is 10.2. The molecule has 0 atom stereocenters. The van der Waals surface area contributed by atoms with Crippen LogP contribution in [0.2, 0.25) is 0 Å². The van der Waals surface area contributed by atoms with Crippen LogP contribution in [0.15, 0.2) is 47.5 Å². The molecule has 0 amide bonds. The van der Waals surface area contributed by atoms with Gasteiger partial charge in [0.05, 0.1) is 13.2 Å². The summed E-state index contributed by atoms with van der Waals surface area (Å²) >= 11 is 1.81. The summed E-state index contributed by atoms with van der Waals surface area (Å²) in [6.07, 6.45) is 3.12. The molecule has 0 saturated carbocycles. The molecule has 2 rings (SSSR count). The van der Waals surface area contributed by atoms with Crippen molar-refractivity contribution in [1.82, 2.24) is 10.6 Å². The molecule has 0 aliphatic carbocycles. The third-order valence-electron chi connectivity index (χ3n) is 3.92. The monoisotopic (exact) mass is 373 g/mol. The Morgan fingerprint density at radius 1 is 1.04 bits per heavy atom. The number of aliphatic imine (C=N–C) groups is 1. The molecule has 1 aromatic heterocycles. The minimum Gasteiger partial charge on any atom is -0.381 e. The maximum absolute atomic E-state index is 5.73. The molecule has 0 aliphatic heterocycles. The van der Waals surface area contributed by atoms with Crippen LogP contribution < -0.4 is 10.6 Å². The Balaban J connectivity index is 1.54. The highest BCUT2D eigenvalue weighted by Crippen LogP contribution is 2.15. The highest BCUT2D eigenvalue weighted by atomic mass is 32.1. The van der Waals surface area contributed by atoms with Gasteiger partial charge in [-0.2, -0.15) is 0 Å². The van der Waals surface area contributed by atoms with Crippen LogP contribution in [-0.2, 0) is 17.7 Å². The van der Waals surface area contributed by atoms with Crippen LogP contribution in [0.5, 0.6) is 0 Å². The first-order valence-corrected chi connectivity index (χ1v) is 10.3. The van der Waals surface area contributed by atoms with E-state index in [9.17, 15) is 0 Å². The molecule has 1 aromatic carbocycles. The van der Waals surface area contributed by atoms with Gasteiger partial charge in [0.25, 0.3) is 0 Å². The van der Waals surface area contributed by atoms with Gasteiger partial charge >= 0.3 is 0 Å². The summed E-state index contributed by atoms with van der Waals surface area (Å²) in [5.74, 6) is 0.892. The van der Waals surface area contributed by atoms with E-state index < -0.39 is 0 Å². The van der Waals surface area contributed by atoms with Crippen molar-refractivity contribution in [3.05, 3.63) is 57.8 Å². The highest BCUT2D eigenvalue weighted by molar-refractivity contribution is 7.11. The van der Waals surface area contributed by atoms with Gasteiger partial charge in [0, 0.05) is 29.5 Å². The Hall–Kier alpha value is -1.85. The second kappa shape index (κ2) is 12.5. The molecule has 0 spiro atoms. The van der Waals surface area contributed by atoms with Crippen molar-refractivity contribution >= 4 is 17.3 Å². The fourth-order valence-electron chi connectivity index (χ4n) is 2.54. The Morgan fingerprint density at radius 3 is 2.62 bits per heavy atom. The number of hydrogen-bond donors (Lipinski definition) is 2. The number of nitrogens with zero attached hydrogens (tertiary/aromatic N) is 1. The van der Waals surface area contributed by atoms with E-state index in [4.69, 9.17) is 4.74 Å². The van der Waals surface area contributed by atoms with E-state index in [-0.39, 0.29) is 0 Å². The van der Waals surface area contributed by atoms with Gasteiger partial charge in [-0.1, -0.05) is 30.3 Å². The fraction of sp³-hybridized carbons (Fsp3) is 0.476. The van der Waals surface area contributed by atoms with E-state index in [1.807, 2.05) is 6.07 Å². The first-order valence-electron chi connectivity index (χ1n) is 9.47. The number of nitrogens with one attached hydrogen (secondary N) is 2. The molecule has 26 heavy (non-hydrogen) atoms. The molecule has 0 fully saturated rings. The summed E-state index contributed by atoms with van der Waals surface area (Å²) < 4.78 is 5.73. The van der Waals surface area contributed by atoms with Crippen LogP contribution in [0.1, 0.15) is 35.1 Å². The zero-order valence-corrected chi connectivity index (χ0v) is 16.8. The number of ether oxygens (including phenoxy) is 1. The first-order chi connectivity index (χ1) is 12.8. The molecular weight excluding hydrogens is 342 g/mol. The van der Waals surface area contributed by atoms with Crippen molar-refractivity contribution in [1.29, 1.82) is 0 Å². The van der Waals surface area contributed by atoms with Gasteiger partial charge in [0.1, 0.15) is 0 Å². The molecule has 0 unspecified atom stereocenters. The number of unbranched alkanes of at least 4 members (excludes halogenated alkanes) is 1. The lowest BCUT2D eigenvalue weighted by molar-refractivity contribution is 0.133. The predicted molar refractivity (Wildman–Crippen MR) is 112 cm³/mol. The Labute approximate surface area is 161 Å². The van der Waals surface area contributed by atoms with Gasteiger partial charge in [0.2, 0.25) is 0 Å². The smallest absolute Gasteiger partial charge is 0.191 e. The van der Waals surface area contributed by atoms with Gasteiger partial charge in [-0.05, 0) is 50.8 Å². The third-order valence-corrected chi connectivity index (χ3v) is 4.90. The van der Waals surface area contributed by atoms with Crippen LogP contribution in [0.3, 0.4) is 0 Å². The number of aryl methyl sites for hydroxylation is 1. The van der Waals surface area contributed by atoms with Crippen molar-refractivity contribution in [2.45, 2.75) is 39.7 Å². The number of hydrogen-bond acceptors (Lipinski definition) is 3. The minimum absolute atomic E-state index is 0.733. The van der Waals surface area contributed by atoms with E-state index in [2.05, 4.69) is 65.9 Å². The molecule has 4 nitrogen and oxygen atoms in total. The van der Waals surface area contributed by atoms with E-state index in [0.717, 1.165) is 58.1 Å². The summed E-state index contributed by atoms with van der Waals surface area (Å²) in [6.45, 7) is 8.35. The topological polar surface area (TPSA) is 45.7 Å². The van der Waals surface area contributed by atoms with Gasteiger partial charge in [-0.25, -0.2) is 4.99 Å². The van der Waals surface area contributed by atoms with Crippen LogP contribution in [0.4, 0.5) is 0 Å². The maximum atomic E-state index is 5.73. The van der Waals surface area contributed by atoms with Gasteiger partial charge in [0.15, 0.2) is 5.96 Å². The molecule has 2 aromatic rings. The minimum atomic E-state index is 0.733. The van der Waals surface area contributed by atoms with Crippen molar-refractivity contribution in [3.8, 4) is 0 Å². The normalized spacial score (nSPS) is 11.5. The van der Waals surface area contributed by atoms with Crippen molar-refractivity contribution in [3.63, 3.8) is 0 Å². The lowest BCUT2D eigenvalue weighted by Crippen LogP contribution is -2.37. The molecule has 0 aliphatic rings. The second-order valence-electron chi connectivity index (χ2n) is 6.19. The van der Waals surface area contributed by atoms with Gasteiger partial charge in [-0.3, -0.25) is 0 Å². The first kappa shape index (κ1) is 20.5. The summed E-state index contributed by atoms with van der Waals surface area (Å²) in [6, 6.07) is 14.8. The largest absolute Gasteiger partial charge is 0.381 e. The Kier molecular flexibility index (Phi) is 9.83. The van der Waals surface area contributed by atoms with Crippen LogP contribution in [-0.4, -0.2) is 32.3 Å². The van der Waals surface area contributed by atoms with Crippen molar-refractivity contribution in [2.24, 2.45) is 4.99 Å². The van der Waals surface area contributed by atoms with Crippen molar-refractivity contribution < 1.29 is 4.74 Å². The van der Waals surface area contributed by atoms with Crippen LogP contribution in [0, 0.1) is 6.92 Å². The molecule has 1 heterocycles. The average molecular weight is 374 g/mol. The molecular formula is C21H31N3OS. The highest BCUT2D eigenvalue weighted by Gasteiger charge is 1.99. The van der Waals surface area contributed by atoms with E-state index in [0.29, 0.717) is 0 Å². The molecule has 0 bridgehead atoms. The fourth-order valence-corrected chi connectivity index (χ4v) is 3.36. The molecule has 2 N–H and O–H groups in total. The van der Waals surface area contributed by atoms with Gasteiger partial charge in [-0.15, -0.1) is 11.3 Å². The number of rotatable bonds is 11. The van der Waals surface area contributed by atoms with E-state index in [1.165, 1.54) is 15.3 Å². The third kappa shape index (κ3) is 8.50. The van der Waals surface area contributed by atoms with E-state index in [1.54, 1.807) is 11.3 Å². The zero-order valence-electron chi connectivity index (χ0n) is 16.0. The standard InChI is InChI=1S/C21H31N3OS/c1-3-22-21(24-17-20-12-11-18(2)26-20)23-14-7-8-15-25-16-13-19-9-5-4-6-10-19/h4-6,9-12H,3,7-8,13-17H2,1-2H3,(H2,22,23,24). The summed E-state index contributed by atoms with van der Waals surface area (Å²) in [5.41, 5.74) is 1.33. The predicted octanol–water partition coefficient (Wildman–Crippen LogP) is 4.15. The van der Waals surface area contributed by atoms with Crippen LogP contribution >= 0.6 is 11.3 Å². The lowest BCUT2D eigenvalue weighted by Gasteiger charge is -2.11. The second-order valence-corrected chi connectivity index (χ2v) is 7.56. The van der Waals surface area contributed by atoms with Crippen molar-refractivity contribution in [2.75, 3.05) is 26.3 Å².